The minimum atomic E-state index is -0.584. The second-order valence-electron chi connectivity index (χ2n) is 6.50. The maximum absolute atomic E-state index is 13.8. The predicted octanol–water partition coefficient (Wildman–Crippen LogP) is 4.15. The van der Waals surface area contributed by atoms with Gasteiger partial charge in [-0.05, 0) is 39.8 Å². The van der Waals surface area contributed by atoms with Crippen molar-refractivity contribution < 1.29 is 18.7 Å². The number of alkyl halides is 1. The maximum atomic E-state index is 13.8. The third-order valence-electron chi connectivity index (χ3n) is 3.26. The molecule has 1 N–H and O–H groups in total. The van der Waals surface area contributed by atoms with Crippen molar-refractivity contribution in [3.63, 3.8) is 0 Å². The fourth-order valence-corrected chi connectivity index (χ4v) is 2.86. The van der Waals surface area contributed by atoms with Crippen LogP contribution < -0.4 is 10.1 Å². The van der Waals surface area contributed by atoms with Crippen LogP contribution in [0, 0.1) is 5.82 Å². The number of carbonyl (C=O) groups is 1. The monoisotopic (exact) mass is 421 g/mol. The van der Waals surface area contributed by atoms with Crippen LogP contribution in [0.4, 0.5) is 9.18 Å². The molecule has 1 aliphatic rings. The molecule has 0 fully saturated rings. The standard InChI is InChI=1S/C16H21FINO3/c1-9(21-15(20)19-16(2,3)4)13-7-11(17)5-10-6-12(8-18)22-14(10)13/h5,7,9,12H,6,8H2,1-4H3,(H,19,20)/t9-,12?/m1/s1. The van der Waals surface area contributed by atoms with E-state index in [1.54, 1.807) is 6.92 Å². The van der Waals surface area contributed by atoms with Crippen molar-refractivity contribution in [3.05, 3.63) is 29.1 Å². The first-order valence-electron chi connectivity index (χ1n) is 7.23. The molecule has 0 spiro atoms. The lowest BCUT2D eigenvalue weighted by Crippen LogP contribution is -2.41. The Kier molecular flexibility index (Phi) is 5.19. The number of rotatable bonds is 3. The molecule has 2 atom stereocenters. The zero-order chi connectivity index (χ0) is 16.5. The fraction of sp³-hybridized carbons (Fsp3) is 0.562. The normalized spacial score (nSPS) is 18.4. The smallest absolute Gasteiger partial charge is 0.408 e. The fourth-order valence-electron chi connectivity index (χ4n) is 2.37. The first-order valence-corrected chi connectivity index (χ1v) is 8.76. The largest absolute Gasteiger partial charge is 0.489 e. The van der Waals surface area contributed by atoms with Crippen LogP contribution in [0.1, 0.15) is 44.9 Å². The van der Waals surface area contributed by atoms with Gasteiger partial charge in [-0.25, -0.2) is 9.18 Å². The van der Waals surface area contributed by atoms with E-state index in [1.807, 2.05) is 20.8 Å². The van der Waals surface area contributed by atoms with Crippen molar-refractivity contribution in [3.8, 4) is 5.75 Å². The molecule has 1 heterocycles. The van der Waals surface area contributed by atoms with Gasteiger partial charge in [0, 0.05) is 27.5 Å². The van der Waals surface area contributed by atoms with Crippen molar-refractivity contribution in [1.82, 2.24) is 5.32 Å². The molecule has 0 saturated carbocycles. The number of nitrogens with one attached hydrogen (secondary N) is 1. The van der Waals surface area contributed by atoms with Crippen LogP contribution in [0.3, 0.4) is 0 Å². The van der Waals surface area contributed by atoms with Crippen LogP contribution in [0.15, 0.2) is 12.1 Å². The number of hydrogen-bond donors (Lipinski definition) is 1. The van der Waals surface area contributed by atoms with E-state index < -0.39 is 12.2 Å². The molecular formula is C16H21FINO3. The van der Waals surface area contributed by atoms with Gasteiger partial charge in [-0.2, -0.15) is 0 Å². The summed E-state index contributed by atoms with van der Waals surface area (Å²) >= 11 is 2.25. The molecule has 0 saturated heterocycles. The molecular weight excluding hydrogens is 400 g/mol. The van der Waals surface area contributed by atoms with Gasteiger partial charge in [-0.15, -0.1) is 0 Å². The van der Waals surface area contributed by atoms with E-state index in [2.05, 4.69) is 27.9 Å². The first kappa shape index (κ1) is 17.3. The van der Waals surface area contributed by atoms with Crippen molar-refractivity contribution in [2.24, 2.45) is 0 Å². The molecule has 1 aromatic rings. The Morgan fingerprint density at radius 2 is 2.23 bits per heavy atom. The topological polar surface area (TPSA) is 47.6 Å². The van der Waals surface area contributed by atoms with E-state index in [9.17, 15) is 9.18 Å². The SMILES string of the molecule is C[C@@H](OC(=O)NC(C)(C)C)c1cc(F)cc2c1OC(CI)C2. The minimum absolute atomic E-state index is 0.0479. The van der Waals surface area contributed by atoms with E-state index in [4.69, 9.17) is 9.47 Å². The summed E-state index contributed by atoms with van der Waals surface area (Å²) in [5.41, 5.74) is 1.03. The molecule has 1 aromatic carbocycles. The lowest BCUT2D eigenvalue weighted by Gasteiger charge is -2.23. The molecule has 6 heteroatoms. The highest BCUT2D eigenvalue weighted by atomic mass is 127. The molecule has 1 aliphatic heterocycles. The van der Waals surface area contributed by atoms with Gasteiger partial charge >= 0.3 is 6.09 Å². The van der Waals surface area contributed by atoms with E-state index in [-0.39, 0.29) is 17.5 Å². The number of fused-ring (bicyclic) bond motifs is 1. The maximum Gasteiger partial charge on any atom is 0.408 e. The van der Waals surface area contributed by atoms with Crippen LogP contribution in [0.2, 0.25) is 0 Å². The summed E-state index contributed by atoms with van der Waals surface area (Å²) < 4.78 is 25.9. The van der Waals surface area contributed by atoms with Gasteiger partial charge in [0.15, 0.2) is 0 Å². The summed E-state index contributed by atoms with van der Waals surface area (Å²) in [6.45, 7) is 7.32. The number of amides is 1. The number of ether oxygens (including phenoxy) is 2. The van der Waals surface area contributed by atoms with Crippen LogP contribution in [0.5, 0.6) is 5.75 Å². The van der Waals surface area contributed by atoms with Crippen molar-refractivity contribution in [2.75, 3.05) is 4.43 Å². The minimum Gasteiger partial charge on any atom is -0.489 e. The van der Waals surface area contributed by atoms with Crippen LogP contribution in [-0.4, -0.2) is 22.2 Å². The number of alkyl carbamates (subject to hydrolysis) is 1. The number of carbonyl (C=O) groups excluding carboxylic acids is 1. The number of halogens is 2. The van der Waals surface area contributed by atoms with Gasteiger partial charge in [0.2, 0.25) is 0 Å². The lowest BCUT2D eigenvalue weighted by atomic mass is 10.0. The van der Waals surface area contributed by atoms with Crippen LogP contribution >= 0.6 is 22.6 Å². The first-order chi connectivity index (χ1) is 10.2. The second-order valence-corrected chi connectivity index (χ2v) is 7.38. The molecule has 0 aromatic heterocycles. The van der Waals surface area contributed by atoms with Gasteiger partial charge in [-0.3, -0.25) is 0 Å². The Labute approximate surface area is 143 Å². The highest BCUT2D eigenvalue weighted by Gasteiger charge is 2.29. The Balaban J connectivity index is 2.17. The molecule has 0 radical (unpaired) electrons. The summed E-state index contributed by atoms with van der Waals surface area (Å²) in [6.07, 6.45) is -0.378. The summed E-state index contributed by atoms with van der Waals surface area (Å²) in [4.78, 5) is 11.9. The zero-order valence-electron chi connectivity index (χ0n) is 13.2. The van der Waals surface area contributed by atoms with Crippen molar-refractivity contribution in [2.45, 2.75) is 51.9 Å². The Morgan fingerprint density at radius 1 is 1.55 bits per heavy atom. The van der Waals surface area contributed by atoms with Gasteiger partial charge in [0.05, 0.1) is 0 Å². The summed E-state index contributed by atoms with van der Waals surface area (Å²) in [5, 5.41) is 2.73. The highest BCUT2D eigenvalue weighted by Crippen LogP contribution is 2.38. The van der Waals surface area contributed by atoms with Gasteiger partial charge in [-0.1, -0.05) is 22.6 Å². The average molecular weight is 421 g/mol. The number of benzene rings is 1. The highest BCUT2D eigenvalue weighted by molar-refractivity contribution is 14.1. The summed E-state index contributed by atoms with van der Waals surface area (Å²) in [6, 6.07) is 2.87. The molecule has 4 nitrogen and oxygen atoms in total. The molecule has 0 bridgehead atoms. The lowest BCUT2D eigenvalue weighted by molar-refractivity contribution is 0.0979. The van der Waals surface area contributed by atoms with Gasteiger partial charge in [0.1, 0.15) is 23.8 Å². The van der Waals surface area contributed by atoms with Gasteiger partial charge < -0.3 is 14.8 Å². The van der Waals surface area contributed by atoms with Crippen molar-refractivity contribution in [1.29, 1.82) is 0 Å². The Morgan fingerprint density at radius 3 is 2.82 bits per heavy atom. The molecule has 22 heavy (non-hydrogen) atoms. The van der Waals surface area contributed by atoms with E-state index in [0.717, 1.165) is 9.99 Å². The van der Waals surface area contributed by atoms with Crippen LogP contribution in [-0.2, 0) is 11.2 Å². The average Bonchev–Trinajstić information content (AvgIpc) is 2.77. The second kappa shape index (κ2) is 6.60. The molecule has 1 amide bonds. The molecule has 1 unspecified atom stereocenters. The Bertz CT molecular complexity index is 571. The van der Waals surface area contributed by atoms with E-state index >= 15 is 0 Å². The quantitative estimate of drug-likeness (QED) is 0.590. The summed E-state index contributed by atoms with van der Waals surface area (Å²) in [5.74, 6) is 0.317. The van der Waals surface area contributed by atoms with E-state index in [1.165, 1.54) is 12.1 Å². The third-order valence-corrected chi connectivity index (χ3v) is 4.24. The predicted molar refractivity (Wildman–Crippen MR) is 91.2 cm³/mol. The van der Waals surface area contributed by atoms with Gasteiger partial charge in [0.25, 0.3) is 0 Å². The molecule has 2 rings (SSSR count). The summed E-state index contributed by atoms with van der Waals surface area (Å²) in [7, 11) is 0. The molecule has 122 valence electrons. The third kappa shape index (κ3) is 4.24. The van der Waals surface area contributed by atoms with Crippen LogP contribution in [0.25, 0.3) is 0 Å². The Hall–Kier alpha value is -1.05. The zero-order valence-corrected chi connectivity index (χ0v) is 15.4. The number of hydrogen-bond acceptors (Lipinski definition) is 3. The van der Waals surface area contributed by atoms with E-state index in [0.29, 0.717) is 17.7 Å². The van der Waals surface area contributed by atoms with Crippen molar-refractivity contribution >= 4 is 28.7 Å². The molecule has 0 aliphatic carbocycles.